The molecule has 0 aromatic rings. The number of carboxylic acids is 1. The fourth-order valence-corrected chi connectivity index (χ4v) is 3.02. The molecule has 0 bridgehead atoms. The summed E-state index contributed by atoms with van der Waals surface area (Å²) in [5, 5.41) is 14.5. The first-order valence-electron chi connectivity index (χ1n) is 7.54. The molecule has 0 spiro atoms. The third kappa shape index (κ3) is 4.67. The van der Waals surface area contributed by atoms with E-state index in [9.17, 15) is 9.59 Å². The van der Waals surface area contributed by atoms with Crippen molar-refractivity contribution >= 4 is 12.0 Å². The zero-order valence-corrected chi connectivity index (χ0v) is 11.8. The van der Waals surface area contributed by atoms with E-state index in [1.807, 2.05) is 0 Å². The normalized spacial score (nSPS) is 26.6. The van der Waals surface area contributed by atoms with Gasteiger partial charge in [0.25, 0.3) is 0 Å². The second kappa shape index (κ2) is 7.47. The summed E-state index contributed by atoms with van der Waals surface area (Å²) in [7, 11) is 0. The van der Waals surface area contributed by atoms with Crippen molar-refractivity contribution in [1.29, 1.82) is 0 Å². The van der Waals surface area contributed by atoms with Gasteiger partial charge in [-0.2, -0.15) is 0 Å². The Morgan fingerprint density at radius 1 is 1.15 bits per heavy atom. The van der Waals surface area contributed by atoms with Crippen molar-refractivity contribution < 1.29 is 19.4 Å². The Morgan fingerprint density at radius 2 is 1.90 bits per heavy atom. The molecule has 2 aliphatic carbocycles. The minimum atomic E-state index is -0.764. The summed E-state index contributed by atoms with van der Waals surface area (Å²) in [4.78, 5) is 22.5. The van der Waals surface area contributed by atoms with E-state index in [2.05, 4.69) is 10.6 Å². The van der Waals surface area contributed by atoms with Crippen molar-refractivity contribution in [2.45, 2.75) is 57.1 Å². The monoisotopic (exact) mass is 284 g/mol. The van der Waals surface area contributed by atoms with Gasteiger partial charge in [0.05, 0.1) is 18.6 Å². The van der Waals surface area contributed by atoms with Crippen LogP contribution in [0.3, 0.4) is 0 Å². The van der Waals surface area contributed by atoms with Gasteiger partial charge in [-0.05, 0) is 32.1 Å². The minimum Gasteiger partial charge on any atom is -0.481 e. The number of aliphatic carboxylic acids is 1. The van der Waals surface area contributed by atoms with Gasteiger partial charge in [-0.3, -0.25) is 4.79 Å². The lowest BCUT2D eigenvalue weighted by molar-refractivity contribution is -0.141. The molecular weight excluding hydrogens is 260 g/mol. The van der Waals surface area contributed by atoms with Crippen molar-refractivity contribution in [3.05, 3.63) is 0 Å². The number of carbonyl (C=O) groups is 2. The highest BCUT2D eigenvalue weighted by atomic mass is 16.5. The second-order valence-electron chi connectivity index (χ2n) is 5.72. The van der Waals surface area contributed by atoms with Gasteiger partial charge in [0.1, 0.15) is 0 Å². The second-order valence-corrected chi connectivity index (χ2v) is 5.72. The van der Waals surface area contributed by atoms with Crippen molar-refractivity contribution in [2.24, 2.45) is 5.92 Å². The van der Waals surface area contributed by atoms with Gasteiger partial charge in [0, 0.05) is 12.6 Å². The van der Waals surface area contributed by atoms with Gasteiger partial charge in [-0.15, -0.1) is 0 Å². The van der Waals surface area contributed by atoms with Crippen LogP contribution in [0, 0.1) is 5.92 Å². The molecule has 114 valence electrons. The van der Waals surface area contributed by atoms with Crippen molar-refractivity contribution in [3.63, 3.8) is 0 Å². The maximum atomic E-state index is 11.6. The number of amides is 2. The SMILES string of the molecule is O=C(NCCOC1CCCC1)N[C@H]1CC[C@@H](C(=O)O)C1. The maximum Gasteiger partial charge on any atom is 0.315 e. The number of hydrogen-bond donors (Lipinski definition) is 3. The molecule has 0 heterocycles. The van der Waals surface area contributed by atoms with Gasteiger partial charge in [0.15, 0.2) is 0 Å². The molecule has 0 aromatic carbocycles. The molecule has 2 rings (SSSR count). The fourth-order valence-electron chi connectivity index (χ4n) is 3.02. The van der Waals surface area contributed by atoms with Crippen LogP contribution in [0.25, 0.3) is 0 Å². The van der Waals surface area contributed by atoms with Crippen LogP contribution in [0.4, 0.5) is 4.79 Å². The first kappa shape index (κ1) is 15.1. The van der Waals surface area contributed by atoms with E-state index in [0.29, 0.717) is 32.1 Å². The number of hydrogen-bond acceptors (Lipinski definition) is 3. The summed E-state index contributed by atoms with van der Waals surface area (Å²) < 4.78 is 5.65. The van der Waals surface area contributed by atoms with E-state index in [4.69, 9.17) is 9.84 Å². The standard InChI is InChI=1S/C14H24N2O4/c17-13(18)10-5-6-11(9-10)16-14(19)15-7-8-20-12-3-1-2-4-12/h10-12H,1-9H2,(H,17,18)(H2,15,16,19)/t10-,11+/m1/s1. The van der Waals surface area contributed by atoms with Crippen LogP contribution >= 0.6 is 0 Å². The topological polar surface area (TPSA) is 87.7 Å². The molecular formula is C14H24N2O4. The average Bonchev–Trinajstić information content (AvgIpc) is 3.05. The van der Waals surface area contributed by atoms with Crippen LogP contribution in [0.5, 0.6) is 0 Å². The molecule has 0 unspecified atom stereocenters. The molecule has 20 heavy (non-hydrogen) atoms. The van der Waals surface area contributed by atoms with Crippen molar-refractivity contribution in [3.8, 4) is 0 Å². The van der Waals surface area contributed by atoms with Crippen LogP contribution in [0.1, 0.15) is 44.9 Å². The Labute approximate surface area is 119 Å². The zero-order valence-electron chi connectivity index (χ0n) is 11.8. The number of carboxylic acid groups (broad SMARTS) is 1. The molecule has 0 radical (unpaired) electrons. The molecule has 0 saturated heterocycles. The smallest absolute Gasteiger partial charge is 0.315 e. The largest absolute Gasteiger partial charge is 0.481 e. The predicted octanol–water partition coefficient (Wildman–Crippen LogP) is 1.50. The lowest BCUT2D eigenvalue weighted by Gasteiger charge is -2.14. The van der Waals surface area contributed by atoms with Crippen LogP contribution in [0.15, 0.2) is 0 Å². The van der Waals surface area contributed by atoms with Gasteiger partial charge >= 0.3 is 12.0 Å². The highest BCUT2D eigenvalue weighted by Crippen LogP contribution is 2.25. The number of urea groups is 1. The number of nitrogens with one attached hydrogen (secondary N) is 2. The maximum absolute atomic E-state index is 11.6. The van der Waals surface area contributed by atoms with Crippen LogP contribution in [0.2, 0.25) is 0 Å². The van der Waals surface area contributed by atoms with Crippen LogP contribution in [-0.4, -0.2) is 42.4 Å². The minimum absolute atomic E-state index is 0.0214. The molecule has 0 aromatic heterocycles. The quantitative estimate of drug-likeness (QED) is 0.645. The molecule has 3 N–H and O–H groups in total. The van der Waals surface area contributed by atoms with E-state index in [1.54, 1.807) is 0 Å². The van der Waals surface area contributed by atoms with Gasteiger partial charge in [-0.25, -0.2) is 4.79 Å². The molecule has 0 aliphatic heterocycles. The van der Waals surface area contributed by atoms with Crippen LogP contribution < -0.4 is 10.6 Å². The van der Waals surface area contributed by atoms with Crippen molar-refractivity contribution in [2.75, 3.05) is 13.2 Å². The third-order valence-corrected chi connectivity index (χ3v) is 4.16. The lowest BCUT2D eigenvalue weighted by Crippen LogP contribution is -2.42. The molecule has 2 atom stereocenters. The number of ether oxygens (including phenoxy) is 1. The number of carbonyl (C=O) groups excluding carboxylic acids is 1. The van der Waals surface area contributed by atoms with Gasteiger partial charge in [0.2, 0.25) is 0 Å². The first-order valence-corrected chi connectivity index (χ1v) is 7.54. The molecule has 2 saturated carbocycles. The van der Waals surface area contributed by atoms with Crippen LogP contribution in [-0.2, 0) is 9.53 Å². The highest BCUT2D eigenvalue weighted by Gasteiger charge is 2.30. The van der Waals surface area contributed by atoms with E-state index >= 15 is 0 Å². The highest BCUT2D eigenvalue weighted by molar-refractivity contribution is 5.75. The summed E-state index contributed by atoms with van der Waals surface area (Å²) >= 11 is 0. The Hall–Kier alpha value is -1.30. The molecule has 2 aliphatic rings. The Bertz CT molecular complexity index is 342. The molecule has 2 amide bonds. The summed E-state index contributed by atoms with van der Waals surface area (Å²) in [5.41, 5.74) is 0. The molecule has 2 fully saturated rings. The predicted molar refractivity (Wildman–Crippen MR) is 73.5 cm³/mol. The third-order valence-electron chi connectivity index (χ3n) is 4.16. The molecule has 6 heteroatoms. The number of rotatable bonds is 6. The molecule has 6 nitrogen and oxygen atoms in total. The van der Waals surface area contributed by atoms with E-state index < -0.39 is 5.97 Å². The first-order chi connectivity index (χ1) is 9.65. The van der Waals surface area contributed by atoms with Gasteiger partial charge < -0.3 is 20.5 Å². The average molecular weight is 284 g/mol. The Morgan fingerprint density at radius 3 is 2.55 bits per heavy atom. The van der Waals surface area contributed by atoms with E-state index in [0.717, 1.165) is 19.3 Å². The summed E-state index contributed by atoms with van der Waals surface area (Å²) in [6.07, 6.45) is 7.02. The fraction of sp³-hybridized carbons (Fsp3) is 0.857. The van der Waals surface area contributed by atoms with Crippen molar-refractivity contribution in [1.82, 2.24) is 10.6 Å². The van der Waals surface area contributed by atoms with E-state index in [1.165, 1.54) is 12.8 Å². The summed E-state index contributed by atoms with van der Waals surface area (Å²) in [5.74, 6) is -1.08. The Balaban J connectivity index is 1.53. The summed E-state index contributed by atoms with van der Waals surface area (Å²) in [6, 6.07) is -0.247. The Kier molecular flexibility index (Phi) is 5.64. The zero-order chi connectivity index (χ0) is 14.4. The lowest BCUT2D eigenvalue weighted by atomic mass is 10.1. The van der Waals surface area contributed by atoms with E-state index in [-0.39, 0.29) is 18.0 Å². The van der Waals surface area contributed by atoms with Gasteiger partial charge in [-0.1, -0.05) is 12.8 Å². The summed E-state index contributed by atoms with van der Waals surface area (Å²) in [6.45, 7) is 1.04.